The number of nitrogens with one attached hydrogen (secondary N) is 1. The van der Waals surface area contributed by atoms with Crippen LogP contribution in [0, 0.1) is 17.0 Å². The van der Waals surface area contributed by atoms with Crippen molar-refractivity contribution < 1.29 is 23.9 Å². The first-order valence-electron chi connectivity index (χ1n) is 12.6. The second kappa shape index (κ2) is 12.6. The second-order valence-corrected chi connectivity index (χ2v) is 8.75. The summed E-state index contributed by atoms with van der Waals surface area (Å²) in [6.45, 7) is 7.26. The highest BCUT2D eigenvalue weighted by Gasteiger charge is 2.16. The van der Waals surface area contributed by atoms with E-state index < -0.39 is 4.92 Å². The van der Waals surface area contributed by atoms with E-state index in [4.69, 9.17) is 14.2 Å². The molecule has 0 fully saturated rings. The number of ether oxygens (including phenoxy) is 3. The smallest absolute Gasteiger partial charge is 0.311 e. The normalized spacial score (nSPS) is 10.6. The van der Waals surface area contributed by atoms with Crippen molar-refractivity contribution in [3.05, 3.63) is 105 Å². The Labute approximate surface area is 226 Å². The van der Waals surface area contributed by atoms with Crippen LogP contribution in [0.3, 0.4) is 0 Å². The molecule has 0 radical (unpaired) electrons. The van der Waals surface area contributed by atoms with Gasteiger partial charge in [-0.05, 0) is 67.8 Å². The summed E-state index contributed by atoms with van der Waals surface area (Å²) < 4.78 is 18.7. The van der Waals surface area contributed by atoms with Gasteiger partial charge in [-0.15, -0.1) is 0 Å². The Morgan fingerprint density at radius 3 is 2.49 bits per heavy atom. The number of anilines is 1. The predicted octanol–water partition coefficient (Wildman–Crippen LogP) is 5.78. The molecule has 0 saturated carbocycles. The number of hydrogen-bond acceptors (Lipinski definition) is 7. The van der Waals surface area contributed by atoms with Gasteiger partial charge < -0.3 is 19.5 Å². The van der Waals surface area contributed by atoms with E-state index in [9.17, 15) is 14.9 Å². The van der Waals surface area contributed by atoms with Crippen LogP contribution >= 0.6 is 0 Å². The fraction of sp³-hybridized carbons (Fsp3) is 0.241. The fourth-order valence-electron chi connectivity index (χ4n) is 3.95. The van der Waals surface area contributed by atoms with Crippen LogP contribution in [-0.2, 0) is 13.2 Å². The van der Waals surface area contributed by atoms with Gasteiger partial charge in [0.15, 0.2) is 17.2 Å². The SMILES string of the molecule is CCOc1ccc(Cn2cc(NC(=O)c3cccc(COc4ccc(C)cc4[N+](=O)[O-])c3)cn2)cc1OCC. The minimum absolute atomic E-state index is 0.0781. The van der Waals surface area contributed by atoms with Gasteiger partial charge in [0, 0.05) is 17.8 Å². The molecule has 0 unspecified atom stereocenters. The molecule has 0 bridgehead atoms. The highest BCUT2D eigenvalue weighted by Crippen LogP contribution is 2.30. The van der Waals surface area contributed by atoms with Gasteiger partial charge in [-0.1, -0.05) is 24.3 Å². The lowest BCUT2D eigenvalue weighted by atomic mass is 10.1. The predicted molar refractivity (Wildman–Crippen MR) is 147 cm³/mol. The van der Waals surface area contributed by atoms with Crippen molar-refractivity contribution in [2.75, 3.05) is 18.5 Å². The molecule has 0 atom stereocenters. The van der Waals surface area contributed by atoms with E-state index in [1.54, 1.807) is 60.4 Å². The fourth-order valence-corrected chi connectivity index (χ4v) is 3.95. The van der Waals surface area contributed by atoms with Crippen LogP contribution in [0.2, 0.25) is 0 Å². The molecule has 202 valence electrons. The number of aryl methyl sites for hydroxylation is 1. The van der Waals surface area contributed by atoms with Crippen molar-refractivity contribution in [3.8, 4) is 17.2 Å². The topological polar surface area (TPSA) is 118 Å². The van der Waals surface area contributed by atoms with Crippen LogP contribution in [0.25, 0.3) is 0 Å². The Hall–Kier alpha value is -4.86. The van der Waals surface area contributed by atoms with Crippen molar-refractivity contribution in [2.45, 2.75) is 33.9 Å². The van der Waals surface area contributed by atoms with E-state index in [-0.39, 0.29) is 24.0 Å². The number of benzene rings is 3. The molecule has 10 nitrogen and oxygen atoms in total. The van der Waals surface area contributed by atoms with Gasteiger partial charge in [0.05, 0.1) is 36.6 Å². The summed E-state index contributed by atoms with van der Waals surface area (Å²) in [5.41, 5.74) is 3.33. The molecule has 1 aromatic heterocycles. The van der Waals surface area contributed by atoms with Gasteiger partial charge in [-0.3, -0.25) is 19.6 Å². The molecule has 0 aliphatic carbocycles. The number of amides is 1. The number of nitro benzene ring substituents is 1. The van der Waals surface area contributed by atoms with Crippen molar-refractivity contribution in [1.29, 1.82) is 0 Å². The molecule has 4 aromatic rings. The molecule has 10 heteroatoms. The van der Waals surface area contributed by atoms with Crippen molar-refractivity contribution in [2.24, 2.45) is 0 Å². The van der Waals surface area contributed by atoms with Crippen LogP contribution in [0.4, 0.5) is 11.4 Å². The first-order chi connectivity index (χ1) is 18.9. The van der Waals surface area contributed by atoms with Crippen LogP contribution in [0.15, 0.2) is 73.1 Å². The number of carbonyl (C=O) groups is 1. The van der Waals surface area contributed by atoms with Gasteiger partial charge in [0.2, 0.25) is 0 Å². The molecule has 0 spiro atoms. The van der Waals surface area contributed by atoms with Gasteiger partial charge in [-0.25, -0.2) is 0 Å². The maximum atomic E-state index is 12.9. The van der Waals surface area contributed by atoms with Crippen LogP contribution in [-0.4, -0.2) is 33.8 Å². The van der Waals surface area contributed by atoms with E-state index in [1.807, 2.05) is 32.0 Å². The van der Waals surface area contributed by atoms with Crippen molar-refractivity contribution >= 4 is 17.3 Å². The molecule has 0 aliphatic heterocycles. The third-order valence-electron chi connectivity index (χ3n) is 5.74. The summed E-state index contributed by atoms with van der Waals surface area (Å²) in [5.74, 6) is 1.24. The number of hydrogen-bond donors (Lipinski definition) is 1. The minimum atomic E-state index is -0.472. The third-order valence-corrected chi connectivity index (χ3v) is 5.74. The lowest BCUT2D eigenvalue weighted by Crippen LogP contribution is -2.12. The minimum Gasteiger partial charge on any atom is -0.490 e. The summed E-state index contributed by atoms with van der Waals surface area (Å²) in [7, 11) is 0. The zero-order valence-electron chi connectivity index (χ0n) is 22.0. The maximum absolute atomic E-state index is 12.9. The van der Waals surface area contributed by atoms with Crippen LogP contribution < -0.4 is 19.5 Å². The van der Waals surface area contributed by atoms with Crippen molar-refractivity contribution in [3.63, 3.8) is 0 Å². The van der Waals surface area contributed by atoms with E-state index >= 15 is 0 Å². The Bertz CT molecular complexity index is 1470. The summed E-state index contributed by atoms with van der Waals surface area (Å²) in [4.78, 5) is 23.8. The summed E-state index contributed by atoms with van der Waals surface area (Å²) in [6, 6.07) is 17.5. The lowest BCUT2D eigenvalue weighted by molar-refractivity contribution is -0.386. The van der Waals surface area contributed by atoms with E-state index in [1.165, 1.54) is 6.07 Å². The summed E-state index contributed by atoms with van der Waals surface area (Å²) >= 11 is 0. The summed E-state index contributed by atoms with van der Waals surface area (Å²) in [5, 5.41) is 18.6. The lowest BCUT2D eigenvalue weighted by Gasteiger charge is -2.12. The van der Waals surface area contributed by atoms with Crippen molar-refractivity contribution in [1.82, 2.24) is 9.78 Å². The molecule has 3 aromatic carbocycles. The first-order valence-corrected chi connectivity index (χ1v) is 12.6. The molecule has 0 saturated heterocycles. The Kier molecular flexibility index (Phi) is 8.78. The second-order valence-electron chi connectivity index (χ2n) is 8.75. The molecule has 1 heterocycles. The molecule has 1 amide bonds. The van der Waals surface area contributed by atoms with Gasteiger partial charge in [0.25, 0.3) is 5.91 Å². The van der Waals surface area contributed by atoms with Gasteiger partial charge >= 0.3 is 5.69 Å². The number of carbonyl (C=O) groups excluding carboxylic acids is 1. The van der Waals surface area contributed by atoms with Gasteiger partial charge in [-0.2, -0.15) is 5.10 Å². The van der Waals surface area contributed by atoms with E-state index in [0.29, 0.717) is 48.1 Å². The molecular formula is C29H30N4O6. The molecule has 39 heavy (non-hydrogen) atoms. The highest BCUT2D eigenvalue weighted by molar-refractivity contribution is 6.04. The monoisotopic (exact) mass is 530 g/mol. The van der Waals surface area contributed by atoms with E-state index in [0.717, 1.165) is 11.1 Å². The average Bonchev–Trinajstić information content (AvgIpc) is 3.36. The first kappa shape index (κ1) is 27.2. The van der Waals surface area contributed by atoms with Gasteiger partial charge in [0.1, 0.15) is 6.61 Å². The Morgan fingerprint density at radius 1 is 0.949 bits per heavy atom. The van der Waals surface area contributed by atoms with Crippen LogP contribution in [0.5, 0.6) is 17.2 Å². The molecule has 1 N–H and O–H groups in total. The van der Waals surface area contributed by atoms with Crippen LogP contribution in [0.1, 0.15) is 40.9 Å². The standard InChI is InChI=1S/C29H30N4O6/c1-4-37-27-12-10-21(15-28(27)38-5-2)17-32-18-24(16-30-32)31-29(34)23-8-6-7-22(14-23)19-39-26-11-9-20(3)13-25(26)33(35)36/h6-16,18H,4-5,17,19H2,1-3H3,(H,31,34). The average molecular weight is 531 g/mol. The Balaban J connectivity index is 1.39. The number of rotatable bonds is 12. The number of aromatic nitrogens is 2. The molecular weight excluding hydrogens is 500 g/mol. The Morgan fingerprint density at radius 2 is 1.72 bits per heavy atom. The number of nitro groups is 1. The molecule has 0 aliphatic rings. The summed E-state index contributed by atoms with van der Waals surface area (Å²) in [6.07, 6.45) is 3.33. The zero-order valence-corrected chi connectivity index (χ0v) is 22.0. The zero-order chi connectivity index (χ0) is 27.8. The van der Waals surface area contributed by atoms with E-state index in [2.05, 4.69) is 10.4 Å². The molecule has 4 rings (SSSR count). The largest absolute Gasteiger partial charge is 0.490 e. The third kappa shape index (κ3) is 7.13. The maximum Gasteiger partial charge on any atom is 0.311 e. The highest BCUT2D eigenvalue weighted by atomic mass is 16.6. The number of nitrogens with zero attached hydrogens (tertiary/aromatic N) is 3. The quantitative estimate of drug-likeness (QED) is 0.182.